The lowest BCUT2D eigenvalue weighted by Crippen LogP contribution is -2.13. The summed E-state index contributed by atoms with van der Waals surface area (Å²) in [6, 6.07) is 7.12. The maximum Gasteiger partial charge on any atom is 0.511 e. The van der Waals surface area contributed by atoms with Crippen LogP contribution < -0.4 is 9.47 Å². The molecule has 132 valence electrons. The van der Waals surface area contributed by atoms with Gasteiger partial charge >= 0.3 is 6.16 Å². The minimum atomic E-state index is -1.42. The molecule has 1 heterocycles. The Hall–Kier alpha value is -2.34. The summed E-state index contributed by atoms with van der Waals surface area (Å²) >= 11 is 5.94. The molecular formula is C18H19ClN2O4. The van der Waals surface area contributed by atoms with Crippen LogP contribution in [0.15, 0.2) is 24.3 Å². The Morgan fingerprint density at radius 3 is 2.52 bits per heavy atom. The molecule has 0 radical (unpaired) electrons. The van der Waals surface area contributed by atoms with Gasteiger partial charge in [0.05, 0.1) is 12.3 Å². The van der Waals surface area contributed by atoms with Crippen LogP contribution in [0.5, 0.6) is 11.6 Å². The number of carboxylic acid groups (broad SMARTS) is 1. The first-order valence-electron chi connectivity index (χ1n) is 8.15. The van der Waals surface area contributed by atoms with Crippen molar-refractivity contribution in [1.82, 2.24) is 9.97 Å². The van der Waals surface area contributed by atoms with E-state index in [9.17, 15) is 4.79 Å². The topological polar surface area (TPSA) is 81.5 Å². The van der Waals surface area contributed by atoms with Crippen molar-refractivity contribution < 1.29 is 19.4 Å². The Morgan fingerprint density at radius 1 is 1.28 bits per heavy atom. The molecule has 3 rings (SSSR count). The summed E-state index contributed by atoms with van der Waals surface area (Å²) in [6.45, 7) is 4.31. The van der Waals surface area contributed by atoms with Gasteiger partial charge in [-0.2, -0.15) is 4.98 Å². The largest absolute Gasteiger partial charge is 0.511 e. The smallest absolute Gasteiger partial charge is 0.475 e. The molecule has 0 saturated heterocycles. The molecule has 1 aliphatic carbocycles. The molecule has 1 fully saturated rings. The van der Waals surface area contributed by atoms with Crippen molar-refractivity contribution in [2.24, 2.45) is 5.92 Å². The zero-order chi connectivity index (χ0) is 18.0. The molecule has 7 heteroatoms. The third-order valence-electron chi connectivity index (χ3n) is 3.85. The van der Waals surface area contributed by atoms with Crippen molar-refractivity contribution in [2.45, 2.75) is 32.6 Å². The minimum Gasteiger partial charge on any atom is -0.475 e. The molecule has 0 spiro atoms. The van der Waals surface area contributed by atoms with Crippen LogP contribution in [0.4, 0.5) is 4.79 Å². The van der Waals surface area contributed by atoms with Crippen LogP contribution in [-0.4, -0.2) is 27.8 Å². The second kappa shape index (κ2) is 7.27. The molecule has 1 aromatic heterocycles. The molecule has 25 heavy (non-hydrogen) atoms. The van der Waals surface area contributed by atoms with Gasteiger partial charge in [0.2, 0.25) is 5.75 Å². The van der Waals surface area contributed by atoms with E-state index < -0.39 is 6.16 Å². The highest BCUT2D eigenvalue weighted by Gasteiger charge is 2.26. The minimum absolute atomic E-state index is 0.0633. The first-order valence-corrected chi connectivity index (χ1v) is 8.53. The molecule has 2 aromatic rings. The Labute approximate surface area is 150 Å². The number of benzene rings is 1. The zero-order valence-corrected chi connectivity index (χ0v) is 14.8. The predicted octanol–water partition coefficient (Wildman–Crippen LogP) is 4.77. The average Bonchev–Trinajstić information content (AvgIpc) is 3.38. The van der Waals surface area contributed by atoms with E-state index in [1.165, 1.54) is 0 Å². The first-order chi connectivity index (χ1) is 11.9. The van der Waals surface area contributed by atoms with Gasteiger partial charge in [0.25, 0.3) is 5.88 Å². The molecule has 1 saturated carbocycles. The fourth-order valence-corrected chi connectivity index (χ4v) is 2.45. The summed E-state index contributed by atoms with van der Waals surface area (Å²) in [5.41, 5.74) is 1.26. The highest BCUT2D eigenvalue weighted by atomic mass is 35.5. The number of aromatic nitrogens is 2. The lowest BCUT2D eigenvalue weighted by atomic mass is 10.1. The molecular weight excluding hydrogens is 344 g/mol. The first kappa shape index (κ1) is 17.5. The van der Waals surface area contributed by atoms with Gasteiger partial charge in [0.1, 0.15) is 0 Å². The van der Waals surface area contributed by atoms with Crippen molar-refractivity contribution in [3.8, 4) is 23.0 Å². The van der Waals surface area contributed by atoms with Crippen LogP contribution in [0.1, 0.15) is 38.3 Å². The molecule has 0 aliphatic heterocycles. The van der Waals surface area contributed by atoms with Crippen LogP contribution in [0.2, 0.25) is 5.02 Å². The maximum absolute atomic E-state index is 11.1. The van der Waals surface area contributed by atoms with Crippen molar-refractivity contribution in [1.29, 1.82) is 0 Å². The fourth-order valence-electron chi connectivity index (χ4n) is 2.33. The SMILES string of the molecule is CC(C)c1nc(-c2ccc(Cl)cc2)nc(OCC2CC2)c1OC(=O)O. The Kier molecular flexibility index (Phi) is 5.08. The van der Waals surface area contributed by atoms with Crippen LogP contribution in [0, 0.1) is 5.92 Å². The summed E-state index contributed by atoms with van der Waals surface area (Å²) in [5, 5.41) is 9.67. The van der Waals surface area contributed by atoms with Crippen molar-refractivity contribution in [3.05, 3.63) is 35.0 Å². The van der Waals surface area contributed by atoms with Gasteiger partial charge in [-0.3, -0.25) is 0 Å². The number of hydrogen-bond donors (Lipinski definition) is 1. The van der Waals surface area contributed by atoms with Crippen molar-refractivity contribution in [2.75, 3.05) is 6.61 Å². The van der Waals surface area contributed by atoms with Crippen LogP contribution in [0.3, 0.4) is 0 Å². The number of hydrogen-bond acceptors (Lipinski definition) is 5. The number of rotatable bonds is 6. The van der Waals surface area contributed by atoms with Gasteiger partial charge in [0.15, 0.2) is 5.82 Å². The summed E-state index contributed by atoms with van der Waals surface area (Å²) in [6.07, 6.45) is 0.809. The van der Waals surface area contributed by atoms with Gasteiger partial charge in [-0.05, 0) is 48.9 Å². The zero-order valence-electron chi connectivity index (χ0n) is 14.0. The molecule has 1 aromatic carbocycles. The molecule has 6 nitrogen and oxygen atoms in total. The average molecular weight is 363 g/mol. The van der Waals surface area contributed by atoms with Gasteiger partial charge in [-0.25, -0.2) is 9.78 Å². The molecule has 1 aliphatic rings. The number of carbonyl (C=O) groups is 1. The predicted molar refractivity (Wildman–Crippen MR) is 93.4 cm³/mol. The second-order valence-electron chi connectivity index (χ2n) is 6.35. The molecule has 0 bridgehead atoms. The van der Waals surface area contributed by atoms with E-state index in [2.05, 4.69) is 9.97 Å². The third kappa shape index (κ3) is 4.39. The highest BCUT2D eigenvalue weighted by molar-refractivity contribution is 6.30. The van der Waals surface area contributed by atoms with E-state index in [-0.39, 0.29) is 17.5 Å². The molecule has 0 amide bonds. The van der Waals surface area contributed by atoms with Crippen LogP contribution in [0.25, 0.3) is 11.4 Å². The Balaban J connectivity index is 2.05. The number of halogens is 1. The van der Waals surface area contributed by atoms with Crippen LogP contribution >= 0.6 is 11.6 Å². The van der Waals surface area contributed by atoms with E-state index in [1.807, 2.05) is 26.0 Å². The summed E-state index contributed by atoms with van der Waals surface area (Å²) in [5.74, 6) is 1.11. The fraction of sp³-hybridized carbons (Fsp3) is 0.389. The van der Waals surface area contributed by atoms with E-state index in [0.717, 1.165) is 18.4 Å². The summed E-state index contributed by atoms with van der Waals surface area (Å²) in [7, 11) is 0. The third-order valence-corrected chi connectivity index (χ3v) is 4.10. The van der Waals surface area contributed by atoms with Crippen molar-refractivity contribution >= 4 is 17.8 Å². The number of ether oxygens (including phenoxy) is 2. The Bertz CT molecular complexity index is 773. The van der Waals surface area contributed by atoms with Crippen molar-refractivity contribution in [3.63, 3.8) is 0 Å². The molecule has 0 atom stereocenters. The maximum atomic E-state index is 11.1. The van der Waals surface area contributed by atoms with Gasteiger partial charge in [0, 0.05) is 10.6 Å². The van der Waals surface area contributed by atoms with Crippen LogP contribution in [-0.2, 0) is 0 Å². The molecule has 1 N–H and O–H groups in total. The molecule has 0 unspecified atom stereocenters. The quantitative estimate of drug-likeness (QED) is 0.745. The van der Waals surface area contributed by atoms with Gasteiger partial charge < -0.3 is 14.6 Å². The van der Waals surface area contributed by atoms with Gasteiger partial charge in [-0.15, -0.1) is 0 Å². The summed E-state index contributed by atoms with van der Waals surface area (Å²) < 4.78 is 10.7. The van der Waals surface area contributed by atoms with E-state index in [4.69, 9.17) is 26.2 Å². The second-order valence-corrected chi connectivity index (χ2v) is 6.79. The lowest BCUT2D eigenvalue weighted by Gasteiger charge is -2.16. The normalized spacial score (nSPS) is 13.8. The number of nitrogens with zero attached hydrogens (tertiary/aromatic N) is 2. The van der Waals surface area contributed by atoms with E-state index in [0.29, 0.717) is 29.1 Å². The van der Waals surface area contributed by atoms with E-state index >= 15 is 0 Å². The summed E-state index contributed by atoms with van der Waals surface area (Å²) in [4.78, 5) is 20.0. The monoisotopic (exact) mass is 362 g/mol. The standard InChI is InChI=1S/C18H19ClN2O4/c1-10(2)14-15(25-18(22)23)17(24-9-11-3-4-11)21-16(20-14)12-5-7-13(19)8-6-12/h5-8,10-11H,3-4,9H2,1-2H3,(H,22,23). The lowest BCUT2D eigenvalue weighted by molar-refractivity contribution is 0.140. The van der Waals surface area contributed by atoms with Gasteiger partial charge in [-0.1, -0.05) is 25.4 Å². The van der Waals surface area contributed by atoms with E-state index in [1.54, 1.807) is 12.1 Å². The Morgan fingerprint density at radius 2 is 1.96 bits per heavy atom. The highest BCUT2D eigenvalue weighted by Crippen LogP contribution is 2.37.